The van der Waals surface area contributed by atoms with Crippen LogP contribution in [0.2, 0.25) is 0 Å². The van der Waals surface area contributed by atoms with Crippen LogP contribution in [0.3, 0.4) is 0 Å². The van der Waals surface area contributed by atoms with Crippen molar-refractivity contribution >= 4 is 23.8 Å². The Hall–Kier alpha value is -3.20. The lowest BCUT2D eigenvalue weighted by atomic mass is 10.1. The first-order valence-electron chi connectivity index (χ1n) is 8.89. The summed E-state index contributed by atoms with van der Waals surface area (Å²) in [5, 5.41) is 10.8. The summed E-state index contributed by atoms with van der Waals surface area (Å²) in [4.78, 5) is 27.6. The molecule has 0 spiro atoms. The third-order valence-corrected chi connectivity index (χ3v) is 5.43. The predicted octanol–water partition coefficient (Wildman–Crippen LogP) is 3.31. The van der Waals surface area contributed by atoms with Crippen molar-refractivity contribution in [3.8, 4) is 17.1 Å². The van der Waals surface area contributed by atoms with E-state index in [0.29, 0.717) is 11.0 Å². The van der Waals surface area contributed by atoms with E-state index in [4.69, 9.17) is 0 Å². The van der Waals surface area contributed by atoms with Crippen LogP contribution in [0.4, 0.5) is 4.79 Å². The normalized spacial score (nSPS) is 11.7. The number of ether oxygens (including phenoxy) is 1. The Labute approximate surface area is 172 Å². The van der Waals surface area contributed by atoms with Gasteiger partial charge in [-0.05, 0) is 56.2 Å². The Bertz CT molecular complexity index is 1040. The second-order valence-corrected chi connectivity index (χ2v) is 7.69. The fourth-order valence-corrected chi connectivity index (χ4v) is 3.46. The van der Waals surface area contributed by atoms with Crippen LogP contribution in [-0.2, 0) is 9.53 Å². The van der Waals surface area contributed by atoms with Gasteiger partial charge in [0.1, 0.15) is 0 Å². The number of imide groups is 1. The maximum Gasteiger partial charge on any atom is 0.413 e. The van der Waals surface area contributed by atoms with Crippen molar-refractivity contribution in [3.63, 3.8) is 0 Å². The second kappa shape index (κ2) is 8.87. The summed E-state index contributed by atoms with van der Waals surface area (Å²) in [6.07, 6.45) is 2.58. The molecule has 0 saturated heterocycles. The number of aryl methyl sites for hydroxylation is 2. The molecule has 0 unspecified atom stereocenters. The minimum absolute atomic E-state index is 0.470. The Balaban J connectivity index is 2.01. The van der Waals surface area contributed by atoms with Gasteiger partial charge in [-0.1, -0.05) is 17.8 Å². The highest BCUT2D eigenvalue weighted by Crippen LogP contribution is 2.30. The van der Waals surface area contributed by atoms with E-state index in [2.05, 4.69) is 25.2 Å². The lowest BCUT2D eigenvalue weighted by Gasteiger charge is -2.14. The molecule has 150 valence electrons. The minimum atomic E-state index is -0.796. The molecule has 0 saturated carbocycles. The lowest BCUT2D eigenvalue weighted by molar-refractivity contribution is -0.119. The van der Waals surface area contributed by atoms with Crippen molar-refractivity contribution in [1.82, 2.24) is 25.1 Å². The van der Waals surface area contributed by atoms with Crippen molar-refractivity contribution in [2.24, 2.45) is 0 Å². The second-order valence-electron chi connectivity index (χ2n) is 6.39. The SMILES string of the molecule is COC(=O)NC(=O)[C@H](C)Sc1nnc(-c2ccncc2)n1-c1ccc(C)c(C)c1. The van der Waals surface area contributed by atoms with Gasteiger partial charge in [0.05, 0.1) is 18.0 Å². The van der Waals surface area contributed by atoms with Gasteiger partial charge < -0.3 is 4.74 Å². The molecule has 0 aliphatic heterocycles. The van der Waals surface area contributed by atoms with Gasteiger partial charge in [-0.2, -0.15) is 0 Å². The molecule has 3 rings (SSSR count). The molecule has 9 heteroatoms. The quantitative estimate of drug-likeness (QED) is 0.643. The average molecular weight is 411 g/mol. The molecule has 2 amide bonds. The third-order valence-electron chi connectivity index (χ3n) is 4.38. The first kappa shape index (κ1) is 20.5. The van der Waals surface area contributed by atoms with Gasteiger partial charge in [0, 0.05) is 18.0 Å². The lowest BCUT2D eigenvalue weighted by Crippen LogP contribution is -2.36. The van der Waals surface area contributed by atoms with Crippen molar-refractivity contribution in [2.75, 3.05) is 7.11 Å². The molecular weight excluding hydrogens is 390 g/mol. The third kappa shape index (κ3) is 4.62. The van der Waals surface area contributed by atoms with Crippen molar-refractivity contribution in [1.29, 1.82) is 0 Å². The molecule has 0 radical (unpaired) electrons. The molecule has 2 aromatic heterocycles. The molecule has 29 heavy (non-hydrogen) atoms. The van der Waals surface area contributed by atoms with Crippen LogP contribution < -0.4 is 5.32 Å². The number of carbonyl (C=O) groups is 2. The number of aromatic nitrogens is 4. The van der Waals surface area contributed by atoms with E-state index < -0.39 is 17.3 Å². The monoisotopic (exact) mass is 411 g/mol. The van der Waals surface area contributed by atoms with Crippen molar-refractivity contribution in [3.05, 3.63) is 53.9 Å². The number of nitrogens with one attached hydrogen (secondary N) is 1. The number of hydrogen-bond acceptors (Lipinski definition) is 7. The van der Waals surface area contributed by atoms with Gasteiger partial charge >= 0.3 is 6.09 Å². The molecular formula is C20H21N5O3S. The van der Waals surface area contributed by atoms with Gasteiger partial charge in [0.25, 0.3) is 0 Å². The zero-order valence-electron chi connectivity index (χ0n) is 16.5. The molecule has 0 aliphatic carbocycles. The zero-order chi connectivity index (χ0) is 21.0. The summed E-state index contributed by atoms with van der Waals surface area (Å²) in [7, 11) is 1.21. The molecule has 0 bridgehead atoms. The highest BCUT2D eigenvalue weighted by Gasteiger charge is 2.23. The highest BCUT2D eigenvalue weighted by atomic mass is 32.2. The molecule has 0 aliphatic rings. The van der Waals surface area contributed by atoms with Crippen LogP contribution in [0.25, 0.3) is 17.1 Å². The van der Waals surface area contributed by atoms with E-state index in [9.17, 15) is 9.59 Å². The van der Waals surface area contributed by atoms with Gasteiger partial charge in [-0.3, -0.25) is 19.7 Å². The molecule has 1 aromatic carbocycles. The summed E-state index contributed by atoms with van der Waals surface area (Å²) in [5.74, 6) is 0.167. The zero-order valence-corrected chi connectivity index (χ0v) is 17.4. The first-order chi connectivity index (χ1) is 13.9. The molecule has 3 aromatic rings. The molecule has 1 N–H and O–H groups in total. The van der Waals surface area contributed by atoms with Crippen LogP contribution in [-0.4, -0.2) is 44.1 Å². The number of thioether (sulfide) groups is 1. The number of methoxy groups -OCH3 is 1. The number of alkyl carbamates (subject to hydrolysis) is 1. The summed E-state index contributed by atoms with van der Waals surface area (Å²) in [6, 6.07) is 9.77. The Morgan fingerprint density at radius 1 is 1.10 bits per heavy atom. The van der Waals surface area contributed by atoms with E-state index >= 15 is 0 Å². The number of carbonyl (C=O) groups excluding carboxylic acids is 2. The van der Waals surface area contributed by atoms with E-state index in [1.54, 1.807) is 19.3 Å². The summed E-state index contributed by atoms with van der Waals surface area (Å²) in [6.45, 7) is 5.77. The number of hydrogen-bond donors (Lipinski definition) is 1. The predicted molar refractivity (Wildman–Crippen MR) is 110 cm³/mol. The number of pyridine rings is 1. The Kier molecular flexibility index (Phi) is 6.28. The van der Waals surface area contributed by atoms with Crippen LogP contribution in [0.15, 0.2) is 47.9 Å². The number of rotatable bonds is 5. The fourth-order valence-electron chi connectivity index (χ4n) is 2.60. The van der Waals surface area contributed by atoms with Crippen LogP contribution in [0, 0.1) is 13.8 Å². The molecule has 0 fully saturated rings. The van der Waals surface area contributed by atoms with Crippen molar-refractivity contribution in [2.45, 2.75) is 31.2 Å². The number of nitrogens with zero attached hydrogens (tertiary/aromatic N) is 4. The highest BCUT2D eigenvalue weighted by molar-refractivity contribution is 8.00. The van der Waals surface area contributed by atoms with E-state index in [1.165, 1.54) is 24.4 Å². The van der Waals surface area contributed by atoms with Gasteiger partial charge in [0.2, 0.25) is 5.91 Å². The van der Waals surface area contributed by atoms with Crippen LogP contribution >= 0.6 is 11.8 Å². The smallest absolute Gasteiger partial charge is 0.413 e. The number of amides is 2. The summed E-state index contributed by atoms with van der Waals surface area (Å²) in [5.41, 5.74) is 4.04. The van der Waals surface area contributed by atoms with Gasteiger partial charge in [-0.15, -0.1) is 10.2 Å². The Morgan fingerprint density at radius 3 is 2.48 bits per heavy atom. The van der Waals surface area contributed by atoms with Gasteiger partial charge in [0.15, 0.2) is 11.0 Å². The topological polar surface area (TPSA) is 99.0 Å². The fraction of sp³-hybridized carbons (Fsp3) is 0.250. The summed E-state index contributed by atoms with van der Waals surface area (Å²) < 4.78 is 6.38. The molecule has 1 atom stereocenters. The maximum atomic E-state index is 12.2. The maximum absolute atomic E-state index is 12.2. The van der Waals surface area contributed by atoms with Crippen LogP contribution in [0.5, 0.6) is 0 Å². The largest absolute Gasteiger partial charge is 0.453 e. The molecule has 8 nitrogen and oxygen atoms in total. The van der Waals surface area contributed by atoms with Gasteiger partial charge in [-0.25, -0.2) is 4.79 Å². The molecule has 2 heterocycles. The van der Waals surface area contributed by atoms with Crippen LogP contribution in [0.1, 0.15) is 18.1 Å². The van der Waals surface area contributed by atoms with E-state index in [0.717, 1.165) is 16.8 Å². The summed E-state index contributed by atoms with van der Waals surface area (Å²) >= 11 is 1.21. The number of benzene rings is 1. The first-order valence-corrected chi connectivity index (χ1v) is 9.77. The van der Waals surface area contributed by atoms with E-state index in [1.807, 2.05) is 48.7 Å². The standard InChI is InChI=1S/C20H21N5O3S/c1-12-5-6-16(11-13(12)2)25-17(15-7-9-21-10-8-15)23-24-19(25)29-14(3)18(26)22-20(27)28-4/h5-11,14H,1-4H3,(H,22,26,27)/t14-/m0/s1. The average Bonchev–Trinajstić information content (AvgIpc) is 3.14. The minimum Gasteiger partial charge on any atom is -0.453 e. The van der Waals surface area contributed by atoms with E-state index in [-0.39, 0.29) is 0 Å². The Morgan fingerprint density at radius 2 is 1.83 bits per heavy atom. The van der Waals surface area contributed by atoms with Crippen molar-refractivity contribution < 1.29 is 14.3 Å².